The number of β-lactam (4-membered cyclic amide) rings is 1. The number of thiazole rings is 1. The van der Waals surface area contributed by atoms with Crippen LogP contribution in [0.4, 0.5) is 10.8 Å². The first-order valence-electron chi connectivity index (χ1n) is 8.50. The van der Waals surface area contributed by atoms with Gasteiger partial charge in [0, 0.05) is 28.6 Å². The third kappa shape index (κ3) is 3.51. The van der Waals surface area contributed by atoms with E-state index in [0.717, 1.165) is 22.5 Å². The Kier molecular flexibility index (Phi) is 5.10. The summed E-state index contributed by atoms with van der Waals surface area (Å²) < 4.78 is 0. The van der Waals surface area contributed by atoms with Gasteiger partial charge in [-0.2, -0.15) is 0 Å². The van der Waals surface area contributed by atoms with Gasteiger partial charge in [-0.25, -0.2) is 4.98 Å². The number of alkyl halides is 1. The molecule has 5 nitrogen and oxygen atoms in total. The number of halogens is 2. The van der Waals surface area contributed by atoms with E-state index >= 15 is 0 Å². The summed E-state index contributed by atoms with van der Waals surface area (Å²) in [6.45, 7) is 1.46. The summed E-state index contributed by atoms with van der Waals surface area (Å²) in [5.41, 5.74) is 3.29. The molecule has 0 radical (unpaired) electrons. The summed E-state index contributed by atoms with van der Waals surface area (Å²) in [6.07, 6.45) is 0. The number of aromatic nitrogens is 1. The monoisotopic (exact) mass is 431 g/mol. The fourth-order valence-electron chi connectivity index (χ4n) is 3.08. The van der Waals surface area contributed by atoms with Crippen molar-refractivity contribution in [1.82, 2.24) is 4.98 Å². The van der Waals surface area contributed by atoms with Gasteiger partial charge >= 0.3 is 0 Å². The molecule has 2 amide bonds. The summed E-state index contributed by atoms with van der Waals surface area (Å²) in [7, 11) is 0. The molecular weight excluding hydrogens is 417 g/mol. The fourth-order valence-corrected chi connectivity index (χ4v) is 4.44. The molecule has 8 heteroatoms. The zero-order valence-electron chi connectivity index (χ0n) is 14.7. The molecule has 1 N–H and O–H groups in total. The predicted octanol–water partition coefficient (Wildman–Crippen LogP) is 5.12. The zero-order valence-corrected chi connectivity index (χ0v) is 17.1. The average molecular weight is 432 g/mol. The summed E-state index contributed by atoms with van der Waals surface area (Å²) in [6, 6.07) is 14.4. The highest BCUT2D eigenvalue weighted by molar-refractivity contribution is 7.14. The van der Waals surface area contributed by atoms with E-state index in [2.05, 4.69) is 10.3 Å². The van der Waals surface area contributed by atoms with Crippen LogP contribution in [-0.2, 0) is 9.59 Å². The van der Waals surface area contributed by atoms with Crippen molar-refractivity contribution in [2.75, 3.05) is 10.2 Å². The van der Waals surface area contributed by atoms with Gasteiger partial charge in [-0.15, -0.1) is 22.9 Å². The van der Waals surface area contributed by atoms with Gasteiger partial charge in [0.05, 0.1) is 11.7 Å². The number of anilines is 2. The molecule has 0 bridgehead atoms. The van der Waals surface area contributed by atoms with Gasteiger partial charge < -0.3 is 5.32 Å². The first kappa shape index (κ1) is 18.9. The van der Waals surface area contributed by atoms with Gasteiger partial charge in [0.2, 0.25) is 11.8 Å². The smallest absolute Gasteiger partial charge is 0.249 e. The Labute approximate surface area is 175 Å². The number of benzene rings is 2. The van der Waals surface area contributed by atoms with Gasteiger partial charge in [-0.3, -0.25) is 14.5 Å². The van der Waals surface area contributed by atoms with Crippen LogP contribution in [0.1, 0.15) is 18.5 Å². The van der Waals surface area contributed by atoms with Crippen LogP contribution in [0.2, 0.25) is 5.02 Å². The lowest BCUT2D eigenvalue weighted by Gasteiger charge is -2.42. The van der Waals surface area contributed by atoms with Crippen molar-refractivity contribution in [1.29, 1.82) is 0 Å². The summed E-state index contributed by atoms with van der Waals surface area (Å²) in [5.74, 6) is -0.285. The normalized spacial score (nSPS) is 18.7. The van der Waals surface area contributed by atoms with Crippen molar-refractivity contribution < 1.29 is 9.59 Å². The first-order valence-corrected chi connectivity index (χ1v) is 10.2. The molecule has 1 saturated heterocycles. The van der Waals surface area contributed by atoms with Crippen molar-refractivity contribution in [2.24, 2.45) is 0 Å². The highest BCUT2D eigenvalue weighted by Gasteiger charge is 2.49. The molecular formula is C20H15Cl2N3O2S. The highest BCUT2D eigenvalue weighted by Crippen LogP contribution is 2.44. The van der Waals surface area contributed by atoms with Crippen LogP contribution in [-0.4, -0.2) is 22.2 Å². The number of nitrogens with zero attached hydrogens (tertiary/aromatic N) is 2. The zero-order chi connectivity index (χ0) is 19.8. The maximum atomic E-state index is 12.4. The molecule has 4 rings (SSSR count). The van der Waals surface area contributed by atoms with Crippen molar-refractivity contribution in [2.45, 2.75) is 18.3 Å². The first-order chi connectivity index (χ1) is 13.4. The lowest BCUT2D eigenvalue weighted by Crippen LogP contribution is -2.56. The Bertz CT molecular complexity index is 1030. The Morgan fingerprint density at radius 3 is 2.46 bits per heavy atom. The van der Waals surface area contributed by atoms with Crippen molar-refractivity contribution in [3.05, 3.63) is 64.5 Å². The number of nitrogens with one attached hydrogen (secondary N) is 1. The lowest BCUT2D eigenvalue weighted by atomic mass is 9.94. The summed E-state index contributed by atoms with van der Waals surface area (Å²) >= 11 is 13.6. The lowest BCUT2D eigenvalue weighted by molar-refractivity contribution is -0.123. The van der Waals surface area contributed by atoms with E-state index < -0.39 is 5.38 Å². The number of rotatable bonds is 4. The molecule has 0 aliphatic carbocycles. The molecule has 0 spiro atoms. The van der Waals surface area contributed by atoms with Gasteiger partial charge in [0.15, 0.2) is 5.13 Å². The van der Waals surface area contributed by atoms with Crippen molar-refractivity contribution >= 4 is 57.2 Å². The van der Waals surface area contributed by atoms with E-state index in [9.17, 15) is 9.59 Å². The minimum atomic E-state index is -0.620. The molecule has 142 valence electrons. The second kappa shape index (κ2) is 7.54. The Morgan fingerprint density at radius 2 is 1.82 bits per heavy atom. The molecule has 3 aromatic rings. The Hall–Kier alpha value is -2.41. The molecule has 1 fully saturated rings. The van der Waals surface area contributed by atoms with Crippen LogP contribution in [0.25, 0.3) is 11.3 Å². The van der Waals surface area contributed by atoms with Crippen LogP contribution in [0.15, 0.2) is 53.9 Å². The van der Waals surface area contributed by atoms with Crippen LogP contribution < -0.4 is 10.2 Å². The second-order valence-corrected chi connectivity index (χ2v) is 8.12. The average Bonchev–Trinajstić information content (AvgIpc) is 3.15. The molecule has 1 aliphatic rings. The van der Waals surface area contributed by atoms with E-state index in [-0.39, 0.29) is 17.9 Å². The number of carbonyl (C=O) groups excluding carboxylic acids is 2. The third-order valence-corrected chi connectivity index (χ3v) is 5.96. The second-order valence-electron chi connectivity index (χ2n) is 6.38. The van der Waals surface area contributed by atoms with Crippen LogP contribution in [0.5, 0.6) is 0 Å². The van der Waals surface area contributed by atoms with Gasteiger partial charge in [0.25, 0.3) is 0 Å². The van der Waals surface area contributed by atoms with Crippen molar-refractivity contribution in [3.63, 3.8) is 0 Å². The van der Waals surface area contributed by atoms with E-state index in [1.807, 2.05) is 41.8 Å². The van der Waals surface area contributed by atoms with Crippen LogP contribution in [0.3, 0.4) is 0 Å². The molecule has 1 aliphatic heterocycles. The molecule has 2 heterocycles. The fraction of sp³-hybridized carbons (Fsp3) is 0.150. The summed E-state index contributed by atoms with van der Waals surface area (Å²) in [5, 5.41) is 5.24. The maximum absolute atomic E-state index is 12.4. The maximum Gasteiger partial charge on any atom is 0.249 e. The number of hydrogen-bond acceptors (Lipinski definition) is 4. The minimum Gasteiger partial charge on any atom is -0.326 e. The van der Waals surface area contributed by atoms with E-state index in [4.69, 9.17) is 23.2 Å². The van der Waals surface area contributed by atoms with Crippen LogP contribution in [0, 0.1) is 0 Å². The minimum absolute atomic E-state index is 0.121. The molecule has 2 unspecified atom stereocenters. The number of hydrogen-bond donors (Lipinski definition) is 1. The largest absolute Gasteiger partial charge is 0.326 e. The van der Waals surface area contributed by atoms with E-state index in [0.29, 0.717) is 10.2 Å². The van der Waals surface area contributed by atoms with Gasteiger partial charge in [-0.05, 0) is 29.8 Å². The topological polar surface area (TPSA) is 62.3 Å². The predicted molar refractivity (Wildman–Crippen MR) is 113 cm³/mol. The Balaban J connectivity index is 1.58. The number of amides is 2. The SMILES string of the molecule is CC(=O)Nc1ccc(-c2csc(N3C(=O)C(Cl)C3c3ccc(Cl)cc3)n2)cc1. The van der Waals surface area contributed by atoms with Crippen molar-refractivity contribution in [3.8, 4) is 11.3 Å². The Morgan fingerprint density at radius 1 is 1.14 bits per heavy atom. The number of carbonyl (C=O) groups is 2. The van der Waals surface area contributed by atoms with Gasteiger partial charge in [0.1, 0.15) is 5.38 Å². The highest BCUT2D eigenvalue weighted by atomic mass is 35.5. The molecule has 1 aromatic heterocycles. The molecule has 2 aromatic carbocycles. The summed E-state index contributed by atoms with van der Waals surface area (Å²) in [4.78, 5) is 29.8. The molecule has 28 heavy (non-hydrogen) atoms. The van der Waals surface area contributed by atoms with E-state index in [1.165, 1.54) is 18.3 Å². The van der Waals surface area contributed by atoms with Gasteiger partial charge in [-0.1, -0.05) is 35.9 Å². The van der Waals surface area contributed by atoms with Crippen LogP contribution >= 0.6 is 34.5 Å². The quantitative estimate of drug-likeness (QED) is 0.460. The van der Waals surface area contributed by atoms with E-state index in [1.54, 1.807) is 17.0 Å². The third-order valence-electron chi connectivity index (χ3n) is 4.44. The standard InChI is InChI=1S/C20H15Cl2N3O2S/c1-11(26)23-15-8-4-12(5-9-15)16-10-28-20(24-16)25-18(17(22)19(25)27)13-2-6-14(21)7-3-13/h2-10,17-18H,1H3,(H,23,26). The molecule has 2 atom stereocenters. The molecule has 0 saturated carbocycles.